The van der Waals surface area contributed by atoms with Crippen molar-refractivity contribution in [3.63, 3.8) is 0 Å². The molecule has 7 heteroatoms. The molecule has 2 amide bonds. The number of hydrogen-bond acceptors (Lipinski definition) is 5. The zero-order valence-corrected chi connectivity index (χ0v) is 19.6. The number of likely N-dealkylation sites (N-methyl/N-ethyl adjacent to an activating group) is 1. The van der Waals surface area contributed by atoms with E-state index in [4.69, 9.17) is 11.6 Å². The molecule has 0 saturated carbocycles. The number of nitrogens with zero attached hydrogens (tertiary/aromatic N) is 2. The Bertz CT molecular complexity index is 1280. The Morgan fingerprint density at radius 2 is 1.59 bits per heavy atom. The summed E-state index contributed by atoms with van der Waals surface area (Å²) in [6.45, 7) is 4.12. The number of hydrogen-bond donors (Lipinski definition) is 2. The molecule has 2 aliphatic heterocycles. The molecule has 172 valence electrons. The maximum Gasteiger partial charge on any atom is 0.260 e. The number of halogens is 1. The van der Waals surface area contributed by atoms with E-state index in [9.17, 15) is 9.59 Å². The second-order valence-electron chi connectivity index (χ2n) is 8.59. The van der Waals surface area contributed by atoms with Crippen molar-refractivity contribution in [1.82, 2.24) is 10.2 Å². The van der Waals surface area contributed by atoms with Crippen LogP contribution in [0.1, 0.15) is 15.9 Å². The van der Waals surface area contributed by atoms with Crippen molar-refractivity contribution < 1.29 is 9.59 Å². The van der Waals surface area contributed by atoms with Gasteiger partial charge in [0, 0.05) is 59.9 Å². The first kappa shape index (κ1) is 22.2. The molecule has 2 heterocycles. The number of amides is 2. The summed E-state index contributed by atoms with van der Waals surface area (Å²) in [5.74, 6) is -0.825. The van der Waals surface area contributed by atoms with Gasteiger partial charge in [-0.25, -0.2) is 0 Å². The average molecular weight is 473 g/mol. The lowest BCUT2D eigenvalue weighted by atomic mass is 9.91. The molecule has 0 aromatic heterocycles. The van der Waals surface area contributed by atoms with E-state index in [0.717, 1.165) is 43.0 Å². The van der Waals surface area contributed by atoms with Crippen LogP contribution in [0.5, 0.6) is 0 Å². The number of rotatable bonds is 4. The summed E-state index contributed by atoms with van der Waals surface area (Å²) in [6, 6.07) is 21.1. The minimum Gasteiger partial charge on any atom is -0.369 e. The topological polar surface area (TPSA) is 64.7 Å². The third-order valence-corrected chi connectivity index (χ3v) is 6.54. The van der Waals surface area contributed by atoms with E-state index >= 15 is 0 Å². The molecule has 3 aromatic carbocycles. The normalized spacial score (nSPS) is 17.5. The van der Waals surface area contributed by atoms with Gasteiger partial charge in [-0.05, 0) is 66.7 Å². The van der Waals surface area contributed by atoms with Crippen molar-refractivity contribution in [3.05, 3.63) is 89.1 Å². The van der Waals surface area contributed by atoms with Crippen molar-refractivity contribution in [3.8, 4) is 11.1 Å². The van der Waals surface area contributed by atoms with E-state index in [1.54, 1.807) is 12.3 Å². The molecule has 0 bridgehead atoms. The Morgan fingerprint density at radius 1 is 0.853 bits per heavy atom. The Balaban J connectivity index is 1.41. The first-order chi connectivity index (χ1) is 16.5. The predicted octanol–water partition coefficient (Wildman–Crippen LogP) is 4.48. The third-order valence-electron chi connectivity index (χ3n) is 6.30. The molecule has 0 radical (unpaired) electrons. The molecule has 0 atom stereocenters. The number of piperazine rings is 1. The summed E-state index contributed by atoms with van der Waals surface area (Å²) in [5.41, 5.74) is 5.30. The highest BCUT2D eigenvalue weighted by molar-refractivity contribution is 6.31. The van der Waals surface area contributed by atoms with Crippen LogP contribution in [0, 0.1) is 0 Å². The summed E-state index contributed by atoms with van der Waals surface area (Å²) >= 11 is 6.15. The van der Waals surface area contributed by atoms with Gasteiger partial charge in [-0.1, -0.05) is 29.8 Å². The van der Waals surface area contributed by atoms with E-state index in [1.165, 1.54) is 5.69 Å². The molecular weight excluding hydrogens is 448 g/mol. The predicted molar refractivity (Wildman–Crippen MR) is 137 cm³/mol. The molecule has 2 N–H and O–H groups in total. The van der Waals surface area contributed by atoms with Gasteiger partial charge < -0.3 is 15.1 Å². The maximum absolute atomic E-state index is 12.7. The molecule has 1 saturated heterocycles. The van der Waals surface area contributed by atoms with E-state index in [-0.39, 0.29) is 0 Å². The van der Waals surface area contributed by atoms with Gasteiger partial charge in [0.2, 0.25) is 0 Å². The number of fused-ring (bicyclic) bond motifs is 1. The van der Waals surface area contributed by atoms with Gasteiger partial charge in [-0.2, -0.15) is 0 Å². The number of imide groups is 1. The van der Waals surface area contributed by atoms with Crippen LogP contribution in [0.25, 0.3) is 16.7 Å². The summed E-state index contributed by atoms with van der Waals surface area (Å²) in [5, 5.41) is 6.28. The average Bonchev–Trinajstić information content (AvgIpc) is 2.84. The Hall–Kier alpha value is -3.61. The number of benzene rings is 3. The maximum atomic E-state index is 12.7. The first-order valence-electron chi connectivity index (χ1n) is 11.2. The van der Waals surface area contributed by atoms with Crippen LogP contribution in [-0.4, -0.2) is 49.9 Å². The van der Waals surface area contributed by atoms with Gasteiger partial charge in [0.25, 0.3) is 11.8 Å². The van der Waals surface area contributed by atoms with Gasteiger partial charge in [0.05, 0.1) is 5.57 Å². The van der Waals surface area contributed by atoms with E-state index in [2.05, 4.69) is 39.6 Å². The number of carbonyl (C=O) groups excluding carboxylic acids is 2. The second-order valence-corrected chi connectivity index (χ2v) is 9.03. The molecule has 1 fully saturated rings. The molecule has 3 aromatic rings. The van der Waals surface area contributed by atoms with Gasteiger partial charge in [0.1, 0.15) is 0 Å². The van der Waals surface area contributed by atoms with Crippen molar-refractivity contribution in [2.45, 2.75) is 0 Å². The molecule has 0 aliphatic carbocycles. The van der Waals surface area contributed by atoms with E-state index in [1.807, 2.05) is 48.5 Å². The molecule has 0 spiro atoms. The summed E-state index contributed by atoms with van der Waals surface area (Å²) < 4.78 is 0. The molecule has 34 heavy (non-hydrogen) atoms. The van der Waals surface area contributed by atoms with Crippen molar-refractivity contribution >= 4 is 40.4 Å². The largest absolute Gasteiger partial charge is 0.369 e. The second kappa shape index (κ2) is 9.33. The SMILES string of the molecule is CN1CCN(c2ccc(N/C=C3\C(=O)NC(=O)c4ccc(-c5cccc(Cl)c5)cc43)cc2)CC1. The van der Waals surface area contributed by atoms with Gasteiger partial charge in [-0.3, -0.25) is 14.9 Å². The zero-order valence-electron chi connectivity index (χ0n) is 18.8. The fourth-order valence-corrected chi connectivity index (χ4v) is 4.50. The first-order valence-corrected chi connectivity index (χ1v) is 11.6. The van der Waals surface area contributed by atoms with Crippen molar-refractivity contribution in [2.75, 3.05) is 43.4 Å². The number of nitrogens with one attached hydrogen (secondary N) is 2. The van der Waals surface area contributed by atoms with Gasteiger partial charge in [-0.15, -0.1) is 0 Å². The lowest BCUT2D eigenvalue weighted by Crippen LogP contribution is -2.44. The van der Waals surface area contributed by atoms with Gasteiger partial charge >= 0.3 is 0 Å². The van der Waals surface area contributed by atoms with Crippen LogP contribution >= 0.6 is 11.6 Å². The van der Waals surface area contributed by atoms with Crippen LogP contribution in [0.3, 0.4) is 0 Å². The molecule has 2 aliphatic rings. The lowest BCUT2D eigenvalue weighted by molar-refractivity contribution is -0.114. The number of anilines is 2. The highest BCUT2D eigenvalue weighted by Crippen LogP contribution is 2.31. The highest BCUT2D eigenvalue weighted by atomic mass is 35.5. The highest BCUT2D eigenvalue weighted by Gasteiger charge is 2.27. The molecule has 5 rings (SSSR count). The molecule has 6 nitrogen and oxygen atoms in total. The number of carbonyl (C=O) groups is 2. The fourth-order valence-electron chi connectivity index (χ4n) is 4.30. The third kappa shape index (κ3) is 4.55. The standard InChI is InChI=1S/C27H25ClN4O2/c1-31-11-13-32(14-12-31)22-8-6-21(7-9-22)29-17-25-24-16-19(18-3-2-4-20(28)15-18)5-10-23(24)26(33)30-27(25)34/h2-10,15-17,29H,11-14H2,1H3,(H,30,33,34)/b25-17-. The molecule has 0 unspecified atom stereocenters. The van der Waals surface area contributed by atoms with Crippen LogP contribution in [0.2, 0.25) is 5.02 Å². The fraction of sp³-hybridized carbons (Fsp3) is 0.185. The lowest BCUT2D eigenvalue weighted by Gasteiger charge is -2.34. The van der Waals surface area contributed by atoms with Crippen LogP contribution in [0.4, 0.5) is 11.4 Å². The van der Waals surface area contributed by atoms with E-state index in [0.29, 0.717) is 21.7 Å². The quantitative estimate of drug-likeness (QED) is 0.433. The van der Waals surface area contributed by atoms with Gasteiger partial charge in [0.15, 0.2) is 0 Å². The van der Waals surface area contributed by atoms with Crippen LogP contribution < -0.4 is 15.5 Å². The monoisotopic (exact) mass is 472 g/mol. The Kier molecular flexibility index (Phi) is 6.09. The Labute approximate surface area is 203 Å². The zero-order chi connectivity index (χ0) is 23.7. The van der Waals surface area contributed by atoms with Crippen molar-refractivity contribution in [1.29, 1.82) is 0 Å². The minimum atomic E-state index is -0.428. The van der Waals surface area contributed by atoms with Crippen molar-refractivity contribution in [2.24, 2.45) is 0 Å². The molecular formula is C27H25ClN4O2. The van der Waals surface area contributed by atoms with E-state index < -0.39 is 11.8 Å². The van der Waals surface area contributed by atoms with Crippen LogP contribution in [0.15, 0.2) is 72.9 Å². The minimum absolute atomic E-state index is 0.397. The summed E-state index contributed by atoms with van der Waals surface area (Å²) in [6.07, 6.45) is 1.66. The smallest absolute Gasteiger partial charge is 0.260 e. The summed E-state index contributed by atoms with van der Waals surface area (Å²) in [4.78, 5) is 29.8. The Morgan fingerprint density at radius 3 is 2.32 bits per heavy atom. The summed E-state index contributed by atoms with van der Waals surface area (Å²) in [7, 11) is 2.14. The van der Waals surface area contributed by atoms with Crippen LogP contribution in [-0.2, 0) is 4.79 Å².